The average Bonchev–Trinajstić information content (AvgIpc) is 2.67. The number of halogens is 1. The van der Waals surface area contributed by atoms with Gasteiger partial charge in [0.25, 0.3) is 0 Å². The zero-order chi connectivity index (χ0) is 14.0. The molecule has 1 atom stereocenters. The number of nitrogens with two attached hydrogens (primary N) is 1. The zero-order valence-electron chi connectivity index (χ0n) is 11.2. The molecule has 0 fully saturated rings. The third kappa shape index (κ3) is 3.26. The topological polar surface area (TPSA) is 48.1 Å². The van der Waals surface area contributed by atoms with Crippen LogP contribution in [0.3, 0.4) is 0 Å². The molecule has 1 heterocycles. The monoisotopic (exact) mass is 296 g/mol. The summed E-state index contributed by atoms with van der Waals surface area (Å²) in [5.74, 6) is 0.727. The van der Waals surface area contributed by atoms with Gasteiger partial charge in [-0.15, -0.1) is 11.3 Å². The molecule has 3 nitrogen and oxygen atoms in total. The summed E-state index contributed by atoms with van der Waals surface area (Å²) in [4.78, 5) is 5.76. The van der Waals surface area contributed by atoms with E-state index in [0.717, 1.165) is 22.0 Å². The lowest BCUT2D eigenvalue weighted by Crippen LogP contribution is -2.14. The van der Waals surface area contributed by atoms with Gasteiger partial charge in [-0.25, -0.2) is 4.98 Å². The third-order valence-corrected chi connectivity index (χ3v) is 4.39. The standard InChI is InChI=1S/C14H17ClN2OS/c1-8-9(2)19-14(17-8)7-12(16)11-5-4-10(15)6-13(11)18-3/h4-6,12H,7,16H2,1-3H3. The van der Waals surface area contributed by atoms with Crippen molar-refractivity contribution < 1.29 is 4.74 Å². The van der Waals surface area contributed by atoms with E-state index in [4.69, 9.17) is 22.1 Å². The molecule has 0 saturated heterocycles. The van der Waals surface area contributed by atoms with Gasteiger partial charge in [0.1, 0.15) is 5.75 Å². The fourth-order valence-corrected chi connectivity index (χ4v) is 3.07. The molecule has 2 aromatic rings. The third-order valence-electron chi connectivity index (χ3n) is 3.06. The molecule has 102 valence electrons. The highest BCUT2D eigenvalue weighted by molar-refractivity contribution is 7.11. The summed E-state index contributed by atoms with van der Waals surface area (Å²) in [7, 11) is 1.62. The number of methoxy groups -OCH3 is 1. The van der Waals surface area contributed by atoms with Gasteiger partial charge in [0.05, 0.1) is 17.8 Å². The van der Waals surface area contributed by atoms with Crippen LogP contribution < -0.4 is 10.5 Å². The van der Waals surface area contributed by atoms with Crippen molar-refractivity contribution in [1.29, 1.82) is 0 Å². The molecule has 0 saturated carbocycles. The smallest absolute Gasteiger partial charge is 0.125 e. The van der Waals surface area contributed by atoms with Crippen LogP contribution >= 0.6 is 22.9 Å². The first-order chi connectivity index (χ1) is 9.01. The Labute approximate surface area is 122 Å². The second-order valence-electron chi connectivity index (χ2n) is 4.45. The fourth-order valence-electron chi connectivity index (χ4n) is 1.92. The largest absolute Gasteiger partial charge is 0.496 e. The van der Waals surface area contributed by atoms with Gasteiger partial charge in [0, 0.05) is 27.9 Å². The first-order valence-electron chi connectivity index (χ1n) is 6.03. The average molecular weight is 297 g/mol. The Morgan fingerprint density at radius 3 is 2.74 bits per heavy atom. The van der Waals surface area contributed by atoms with Crippen molar-refractivity contribution in [3.8, 4) is 5.75 Å². The minimum atomic E-state index is -0.142. The molecule has 2 rings (SSSR count). The molecule has 0 aliphatic carbocycles. The van der Waals surface area contributed by atoms with E-state index in [1.54, 1.807) is 24.5 Å². The molecule has 1 aromatic heterocycles. The van der Waals surface area contributed by atoms with Crippen LogP contribution in [0.1, 0.15) is 27.2 Å². The van der Waals surface area contributed by atoms with Crippen molar-refractivity contribution in [2.75, 3.05) is 7.11 Å². The Balaban J connectivity index is 2.22. The lowest BCUT2D eigenvalue weighted by atomic mass is 10.0. The highest BCUT2D eigenvalue weighted by atomic mass is 35.5. The SMILES string of the molecule is COc1cc(Cl)ccc1C(N)Cc1nc(C)c(C)s1. The number of aromatic nitrogens is 1. The Morgan fingerprint density at radius 1 is 1.42 bits per heavy atom. The zero-order valence-corrected chi connectivity index (χ0v) is 12.8. The molecule has 1 unspecified atom stereocenters. The predicted molar refractivity (Wildman–Crippen MR) is 80.2 cm³/mol. The fraction of sp³-hybridized carbons (Fsp3) is 0.357. The van der Waals surface area contributed by atoms with E-state index < -0.39 is 0 Å². The van der Waals surface area contributed by atoms with Gasteiger partial charge < -0.3 is 10.5 Å². The molecule has 0 amide bonds. The van der Waals surface area contributed by atoms with Gasteiger partial charge in [0.2, 0.25) is 0 Å². The summed E-state index contributed by atoms with van der Waals surface area (Å²) in [6.45, 7) is 4.09. The Hall–Kier alpha value is -1.10. The maximum Gasteiger partial charge on any atom is 0.125 e. The van der Waals surface area contributed by atoms with E-state index >= 15 is 0 Å². The van der Waals surface area contributed by atoms with E-state index in [1.165, 1.54) is 4.88 Å². The molecule has 0 bridgehead atoms. The Morgan fingerprint density at radius 2 is 2.16 bits per heavy atom. The molecule has 2 N–H and O–H groups in total. The molecular formula is C14H17ClN2OS. The van der Waals surface area contributed by atoms with Gasteiger partial charge in [-0.05, 0) is 26.0 Å². The Bertz CT molecular complexity index is 563. The molecule has 1 aromatic carbocycles. The summed E-state index contributed by atoms with van der Waals surface area (Å²) in [5.41, 5.74) is 8.29. The number of hydrogen-bond donors (Lipinski definition) is 1. The van der Waals surface area contributed by atoms with E-state index in [9.17, 15) is 0 Å². The van der Waals surface area contributed by atoms with Crippen molar-refractivity contribution in [1.82, 2.24) is 4.98 Å². The summed E-state index contributed by atoms with van der Waals surface area (Å²) in [6.07, 6.45) is 0.706. The van der Waals surface area contributed by atoms with Crippen molar-refractivity contribution in [3.63, 3.8) is 0 Å². The molecule has 19 heavy (non-hydrogen) atoms. The maximum atomic E-state index is 6.26. The van der Waals surface area contributed by atoms with Crippen LogP contribution in [-0.2, 0) is 6.42 Å². The van der Waals surface area contributed by atoms with Crippen LogP contribution in [0.25, 0.3) is 0 Å². The van der Waals surface area contributed by atoms with E-state index in [-0.39, 0.29) is 6.04 Å². The van der Waals surface area contributed by atoms with Crippen LogP contribution in [0.15, 0.2) is 18.2 Å². The summed E-state index contributed by atoms with van der Waals surface area (Å²) in [6, 6.07) is 5.39. The second kappa shape index (κ2) is 5.90. The molecule has 0 aliphatic rings. The van der Waals surface area contributed by atoms with Crippen LogP contribution in [-0.4, -0.2) is 12.1 Å². The number of aryl methyl sites for hydroxylation is 2. The highest BCUT2D eigenvalue weighted by Gasteiger charge is 2.15. The molecule has 5 heteroatoms. The molecular weight excluding hydrogens is 280 g/mol. The maximum absolute atomic E-state index is 6.26. The van der Waals surface area contributed by atoms with E-state index in [0.29, 0.717) is 11.4 Å². The number of rotatable bonds is 4. The van der Waals surface area contributed by atoms with Gasteiger partial charge in [-0.1, -0.05) is 17.7 Å². The second-order valence-corrected chi connectivity index (χ2v) is 6.17. The minimum absolute atomic E-state index is 0.142. The first kappa shape index (κ1) is 14.3. The number of thiazole rings is 1. The van der Waals surface area contributed by atoms with Crippen LogP contribution in [0.5, 0.6) is 5.75 Å². The number of ether oxygens (including phenoxy) is 1. The van der Waals surface area contributed by atoms with Crippen molar-refractivity contribution in [2.45, 2.75) is 26.3 Å². The van der Waals surface area contributed by atoms with E-state index in [1.807, 2.05) is 19.1 Å². The molecule has 0 radical (unpaired) electrons. The van der Waals surface area contributed by atoms with Crippen molar-refractivity contribution >= 4 is 22.9 Å². The quantitative estimate of drug-likeness (QED) is 0.936. The molecule has 0 aliphatic heterocycles. The number of nitrogens with zero attached hydrogens (tertiary/aromatic N) is 1. The molecule has 0 spiro atoms. The predicted octanol–water partition coefficient (Wildman–Crippen LogP) is 3.66. The van der Waals surface area contributed by atoms with Gasteiger partial charge >= 0.3 is 0 Å². The number of benzene rings is 1. The summed E-state index contributed by atoms with van der Waals surface area (Å²) in [5, 5.41) is 1.70. The van der Waals surface area contributed by atoms with Gasteiger partial charge in [-0.2, -0.15) is 0 Å². The minimum Gasteiger partial charge on any atom is -0.496 e. The number of hydrogen-bond acceptors (Lipinski definition) is 4. The van der Waals surface area contributed by atoms with Crippen molar-refractivity contribution in [2.24, 2.45) is 5.73 Å². The summed E-state index contributed by atoms with van der Waals surface area (Å²) < 4.78 is 5.33. The van der Waals surface area contributed by atoms with Gasteiger partial charge in [0.15, 0.2) is 0 Å². The van der Waals surface area contributed by atoms with Gasteiger partial charge in [-0.3, -0.25) is 0 Å². The van der Waals surface area contributed by atoms with Crippen LogP contribution in [0, 0.1) is 13.8 Å². The Kier molecular flexibility index (Phi) is 4.45. The normalized spacial score (nSPS) is 12.5. The van der Waals surface area contributed by atoms with Crippen LogP contribution in [0.2, 0.25) is 5.02 Å². The highest BCUT2D eigenvalue weighted by Crippen LogP contribution is 2.30. The summed E-state index contributed by atoms with van der Waals surface area (Å²) >= 11 is 7.65. The lowest BCUT2D eigenvalue weighted by molar-refractivity contribution is 0.405. The van der Waals surface area contributed by atoms with Crippen LogP contribution in [0.4, 0.5) is 0 Å². The first-order valence-corrected chi connectivity index (χ1v) is 7.22. The lowest BCUT2D eigenvalue weighted by Gasteiger charge is -2.14. The van der Waals surface area contributed by atoms with E-state index in [2.05, 4.69) is 11.9 Å². The van der Waals surface area contributed by atoms with Crippen molar-refractivity contribution in [3.05, 3.63) is 44.4 Å².